The smallest absolute Gasteiger partial charge is 0 e. The molecule has 0 aromatic rings. The molecule has 7 heavy (non-hydrogen) atoms. The third kappa shape index (κ3) is 21.2. The van der Waals surface area contributed by atoms with Gasteiger partial charge in [-0.25, -0.2) is 0 Å². The van der Waals surface area contributed by atoms with Crippen molar-refractivity contribution in [1.29, 1.82) is 0 Å². The van der Waals surface area contributed by atoms with Crippen LogP contribution in [0.25, 0.3) is 0 Å². The van der Waals surface area contributed by atoms with Crippen LogP contribution in [0.2, 0.25) is 0 Å². The zero-order valence-electron chi connectivity index (χ0n) is 3.44. The molecule has 0 saturated carbocycles. The van der Waals surface area contributed by atoms with E-state index in [2.05, 4.69) is 6.58 Å². The van der Waals surface area contributed by atoms with Gasteiger partial charge >= 0.3 is 39.4 Å². The van der Waals surface area contributed by atoms with Gasteiger partial charge in [-0.2, -0.15) is 0 Å². The summed E-state index contributed by atoms with van der Waals surface area (Å²) >= 11 is 1.85. The monoisotopic (exact) mass is 176 g/mol. The minimum Gasteiger partial charge on any atom is 0 e. The summed E-state index contributed by atoms with van der Waals surface area (Å²) in [7, 11) is 0. The van der Waals surface area contributed by atoms with Crippen molar-refractivity contribution in [3.8, 4) is 0 Å². The Labute approximate surface area is 62.8 Å². The van der Waals surface area contributed by atoms with Crippen LogP contribution in [-0.2, 0) is 39.3 Å². The summed E-state index contributed by atoms with van der Waals surface area (Å²) in [4.78, 5) is 9.67. The number of hydrogen-bond acceptors (Lipinski definition) is 1. The molecular formula is C3H3FeNOV. The second-order valence-electron chi connectivity index (χ2n) is 0.542. The predicted octanol–water partition coefficient (Wildman–Crippen LogP) is -0.237. The summed E-state index contributed by atoms with van der Waals surface area (Å²) in [6.45, 7) is 3.20. The molecule has 0 aromatic heterocycles. The standard InChI is InChI=1S/C3H3O.Fe.N.V/c1-2-3-4;;;/h2H,1H2;;;. The number of allylic oxidation sites excluding steroid dienone is 1. The van der Waals surface area contributed by atoms with E-state index >= 15 is 0 Å². The van der Waals surface area contributed by atoms with Crippen LogP contribution >= 0.6 is 0 Å². The Morgan fingerprint density at radius 2 is 1.86 bits per heavy atom. The summed E-state index contributed by atoms with van der Waals surface area (Å²) in [6.07, 6.45) is 1.25. The molecule has 39 valence electrons. The molecule has 0 unspecified atom stereocenters. The van der Waals surface area contributed by atoms with Gasteiger partial charge in [0, 0.05) is 23.2 Å². The summed E-state index contributed by atoms with van der Waals surface area (Å²) in [5, 5.41) is 0. The molecule has 0 aliphatic heterocycles. The van der Waals surface area contributed by atoms with Gasteiger partial charge in [0.05, 0.1) is 0 Å². The normalized spacial score (nSPS) is 4.57. The maximum absolute atomic E-state index is 9.67. The van der Waals surface area contributed by atoms with E-state index in [0.717, 1.165) is 0 Å². The molecule has 0 aliphatic rings. The molecule has 0 amide bonds. The fourth-order valence-corrected chi connectivity index (χ4v) is 0. The number of carbonyl (C=O) groups excluding carboxylic acids is 1. The van der Waals surface area contributed by atoms with Gasteiger partial charge in [-0.05, 0) is 0 Å². The molecule has 0 aliphatic carbocycles. The zero-order valence-corrected chi connectivity index (χ0v) is 5.94. The molecule has 3 radical (unpaired) electrons. The molecule has 0 heterocycles. The number of rotatable bonds is 1. The van der Waals surface area contributed by atoms with Gasteiger partial charge in [0.1, 0.15) is 0 Å². The van der Waals surface area contributed by atoms with Crippen molar-refractivity contribution in [3.63, 3.8) is 0 Å². The fourth-order valence-electron chi connectivity index (χ4n) is 0. The van der Waals surface area contributed by atoms with Crippen molar-refractivity contribution >= 4 is 4.49 Å². The average molecular weight is 176 g/mol. The number of hydrogen-bond donors (Lipinski definition) is 0. The van der Waals surface area contributed by atoms with E-state index in [1.807, 2.05) is 17.4 Å². The summed E-state index contributed by atoms with van der Waals surface area (Å²) in [6, 6.07) is 0. The van der Waals surface area contributed by atoms with Crippen LogP contribution < -0.4 is 6.15 Å². The van der Waals surface area contributed by atoms with Gasteiger partial charge in [0.15, 0.2) is 0 Å². The molecule has 0 saturated heterocycles. The third-order valence-corrected chi connectivity index (χ3v) is 0.460. The van der Waals surface area contributed by atoms with Crippen molar-refractivity contribution in [2.75, 3.05) is 0 Å². The van der Waals surface area contributed by atoms with Crippen molar-refractivity contribution in [1.82, 2.24) is 6.15 Å². The topological polar surface area (TPSA) is 47.6 Å². The van der Waals surface area contributed by atoms with Gasteiger partial charge in [0.2, 0.25) is 0 Å². The van der Waals surface area contributed by atoms with E-state index in [1.54, 1.807) is 0 Å². The predicted molar refractivity (Wildman–Crippen MR) is 17.3 cm³/mol. The van der Waals surface area contributed by atoms with Crippen molar-refractivity contribution in [2.24, 2.45) is 0 Å². The van der Waals surface area contributed by atoms with Crippen LogP contribution in [0.5, 0.6) is 0 Å². The maximum Gasteiger partial charge on any atom is 0 e. The number of carbonyl (C=O) groups is 1. The first-order valence-electron chi connectivity index (χ1n) is 1.12. The molecule has 0 fully saturated rings. The quantitative estimate of drug-likeness (QED) is 0.401. The van der Waals surface area contributed by atoms with Gasteiger partial charge in [-0.3, -0.25) is 0 Å². The fraction of sp³-hybridized carbons (Fsp3) is 0. The molecule has 0 atom stereocenters. The van der Waals surface area contributed by atoms with Gasteiger partial charge in [-0.15, -0.1) is 0 Å². The van der Waals surface area contributed by atoms with Crippen molar-refractivity contribution in [2.45, 2.75) is 0 Å². The van der Waals surface area contributed by atoms with Crippen LogP contribution in [0.3, 0.4) is 0 Å². The number of nitrogens with zero attached hydrogens (tertiary/aromatic N) is 1. The van der Waals surface area contributed by atoms with E-state index in [4.69, 9.17) is 0 Å². The SMILES string of the molecule is C=C[C](=O)[V].[Fe].[N]. The largest absolute Gasteiger partial charge is 0 e. The first kappa shape index (κ1) is 15.6. The first-order chi connectivity index (χ1) is 2.27. The van der Waals surface area contributed by atoms with E-state index in [-0.39, 0.29) is 27.7 Å². The van der Waals surface area contributed by atoms with Crippen molar-refractivity contribution < 1.29 is 39.3 Å². The third-order valence-electron chi connectivity index (χ3n) is 0.175. The Morgan fingerprint density at radius 1 is 1.71 bits per heavy atom. The molecule has 0 aromatic carbocycles. The molecule has 0 N–H and O–H groups in total. The van der Waals surface area contributed by atoms with E-state index < -0.39 is 0 Å². The first-order valence-corrected chi connectivity index (χ1v) is 1.82. The molecule has 2 nitrogen and oxygen atoms in total. The Hall–Kier alpha value is 0.474. The summed E-state index contributed by atoms with van der Waals surface area (Å²) in [5.74, 6) is 0. The second-order valence-corrected chi connectivity index (χ2v) is 1.23. The molecular weight excluding hydrogens is 173 g/mol. The zero-order chi connectivity index (χ0) is 4.28. The Morgan fingerprint density at radius 3 is 1.86 bits per heavy atom. The Balaban J connectivity index is -0.0000000800. The Kier molecular flexibility index (Phi) is 21.7. The average Bonchev–Trinajstić information content (AvgIpc) is 1.38. The van der Waals surface area contributed by atoms with E-state index in [1.165, 1.54) is 6.08 Å². The minimum absolute atomic E-state index is 0. The van der Waals surface area contributed by atoms with Crippen molar-refractivity contribution in [3.05, 3.63) is 12.7 Å². The maximum atomic E-state index is 9.67. The van der Waals surface area contributed by atoms with Gasteiger partial charge in [-0.1, -0.05) is 0 Å². The molecule has 0 spiro atoms. The van der Waals surface area contributed by atoms with Gasteiger partial charge in [0.25, 0.3) is 0 Å². The van der Waals surface area contributed by atoms with E-state index in [0.29, 0.717) is 0 Å². The molecule has 0 bridgehead atoms. The second kappa shape index (κ2) is 9.69. The van der Waals surface area contributed by atoms with Crippen LogP contribution in [0.4, 0.5) is 0 Å². The molecule has 4 heteroatoms. The molecule has 0 rings (SSSR count). The van der Waals surface area contributed by atoms with Crippen LogP contribution in [0.15, 0.2) is 12.7 Å². The van der Waals surface area contributed by atoms with E-state index in [9.17, 15) is 4.79 Å². The summed E-state index contributed by atoms with van der Waals surface area (Å²) in [5.41, 5.74) is 0. The Bertz CT molecular complexity index is 66.0. The van der Waals surface area contributed by atoms with Crippen LogP contribution in [-0.4, -0.2) is 4.49 Å². The van der Waals surface area contributed by atoms with Crippen LogP contribution in [0.1, 0.15) is 0 Å². The van der Waals surface area contributed by atoms with Gasteiger partial charge < -0.3 is 0 Å². The minimum atomic E-state index is -0.0440. The summed E-state index contributed by atoms with van der Waals surface area (Å²) < 4.78 is -0.0440. The van der Waals surface area contributed by atoms with Crippen LogP contribution in [0, 0.1) is 0 Å².